The number of fused-ring (bicyclic) bond motifs is 2. The minimum atomic E-state index is -1.18. The fourth-order valence-corrected chi connectivity index (χ4v) is 6.27. The maximum Gasteiger partial charge on any atom is 0.249 e. The van der Waals surface area contributed by atoms with E-state index >= 15 is 0 Å². The maximum atomic E-state index is 14.0. The van der Waals surface area contributed by atoms with E-state index in [2.05, 4.69) is 6.92 Å². The SMILES string of the molecule is CCCCN1CC=C[C@]23O[C@]4(C)C=CCN(CCC)C(=O)[C@@H]4[C@H]2C(=O)N(CCCCO)C3C1=O. The molecule has 4 aliphatic rings. The minimum Gasteiger partial charge on any atom is -0.396 e. The first kappa shape index (κ1) is 24.9. The summed E-state index contributed by atoms with van der Waals surface area (Å²) in [6.07, 6.45) is 11.5. The van der Waals surface area contributed by atoms with Gasteiger partial charge in [-0.15, -0.1) is 0 Å². The van der Waals surface area contributed by atoms with Crippen LogP contribution in [0.1, 0.15) is 52.9 Å². The topological polar surface area (TPSA) is 90.4 Å². The van der Waals surface area contributed by atoms with E-state index in [-0.39, 0.29) is 24.3 Å². The van der Waals surface area contributed by atoms with Crippen molar-refractivity contribution in [1.82, 2.24) is 14.7 Å². The molecule has 4 heterocycles. The Hall–Kier alpha value is -2.19. The number of likely N-dealkylation sites (tertiary alicyclic amines) is 1. The molecule has 34 heavy (non-hydrogen) atoms. The second-order valence-corrected chi connectivity index (χ2v) is 10.2. The molecule has 4 aliphatic heterocycles. The summed E-state index contributed by atoms with van der Waals surface area (Å²) >= 11 is 0. The van der Waals surface area contributed by atoms with Crippen molar-refractivity contribution < 1.29 is 24.2 Å². The van der Waals surface area contributed by atoms with Gasteiger partial charge in [0.2, 0.25) is 17.7 Å². The molecule has 0 saturated carbocycles. The highest BCUT2D eigenvalue weighted by Gasteiger charge is 2.74. The van der Waals surface area contributed by atoms with Gasteiger partial charge in [0.05, 0.1) is 17.4 Å². The van der Waals surface area contributed by atoms with Gasteiger partial charge < -0.3 is 24.5 Å². The predicted molar refractivity (Wildman–Crippen MR) is 128 cm³/mol. The molecular weight excluding hydrogens is 434 g/mol. The van der Waals surface area contributed by atoms with Crippen LogP contribution in [0.25, 0.3) is 0 Å². The zero-order valence-corrected chi connectivity index (χ0v) is 20.7. The highest BCUT2D eigenvalue weighted by atomic mass is 16.5. The van der Waals surface area contributed by atoms with Crippen molar-refractivity contribution in [3.05, 3.63) is 24.3 Å². The summed E-state index contributed by atoms with van der Waals surface area (Å²) in [6.45, 7) is 8.61. The molecule has 0 aromatic carbocycles. The van der Waals surface area contributed by atoms with Gasteiger partial charge in [0.15, 0.2) is 0 Å². The Kier molecular flexibility index (Phi) is 7.20. The molecule has 2 fully saturated rings. The molecule has 1 unspecified atom stereocenters. The summed E-state index contributed by atoms with van der Waals surface area (Å²) in [7, 11) is 0. The van der Waals surface area contributed by atoms with E-state index in [1.807, 2.05) is 43.1 Å². The first-order valence-corrected chi connectivity index (χ1v) is 12.9. The molecule has 4 rings (SSSR count). The Labute approximate surface area is 202 Å². The van der Waals surface area contributed by atoms with Gasteiger partial charge in [-0.05, 0) is 32.6 Å². The molecule has 0 aromatic rings. The van der Waals surface area contributed by atoms with Gasteiger partial charge in [0.1, 0.15) is 11.6 Å². The molecule has 5 atom stereocenters. The van der Waals surface area contributed by atoms with Crippen molar-refractivity contribution in [3.63, 3.8) is 0 Å². The molecular formula is C26H39N3O5. The monoisotopic (exact) mass is 473 g/mol. The van der Waals surface area contributed by atoms with Crippen LogP contribution >= 0.6 is 0 Å². The van der Waals surface area contributed by atoms with E-state index in [0.29, 0.717) is 45.6 Å². The Balaban J connectivity index is 1.79. The lowest BCUT2D eigenvalue weighted by molar-refractivity contribution is -0.152. The first-order valence-electron chi connectivity index (χ1n) is 12.9. The molecule has 1 N–H and O–H groups in total. The van der Waals surface area contributed by atoms with E-state index in [1.165, 1.54) is 0 Å². The van der Waals surface area contributed by atoms with Crippen LogP contribution in [-0.2, 0) is 19.1 Å². The lowest BCUT2D eigenvalue weighted by atomic mass is 9.74. The van der Waals surface area contributed by atoms with E-state index in [1.54, 1.807) is 9.80 Å². The van der Waals surface area contributed by atoms with Gasteiger partial charge in [-0.1, -0.05) is 44.6 Å². The normalized spacial score (nSPS) is 34.9. The van der Waals surface area contributed by atoms with Crippen LogP contribution < -0.4 is 0 Å². The molecule has 0 bridgehead atoms. The second kappa shape index (κ2) is 9.82. The molecule has 3 amide bonds. The third-order valence-corrected chi connectivity index (χ3v) is 7.81. The molecule has 8 heteroatoms. The average Bonchev–Trinajstić information content (AvgIpc) is 3.07. The maximum absolute atomic E-state index is 14.0. The summed E-state index contributed by atoms with van der Waals surface area (Å²) in [6, 6.07) is -0.802. The van der Waals surface area contributed by atoms with Gasteiger partial charge in [-0.25, -0.2) is 0 Å². The van der Waals surface area contributed by atoms with Crippen LogP contribution in [0.15, 0.2) is 24.3 Å². The number of nitrogens with zero attached hydrogens (tertiary/aromatic N) is 3. The molecule has 0 radical (unpaired) electrons. The highest BCUT2D eigenvalue weighted by Crippen LogP contribution is 2.57. The van der Waals surface area contributed by atoms with Gasteiger partial charge in [-0.3, -0.25) is 14.4 Å². The Morgan fingerprint density at radius 3 is 2.26 bits per heavy atom. The largest absolute Gasteiger partial charge is 0.396 e. The van der Waals surface area contributed by atoms with Crippen molar-refractivity contribution in [2.24, 2.45) is 11.8 Å². The minimum absolute atomic E-state index is 0.0319. The number of aliphatic hydroxyl groups is 1. The summed E-state index contributed by atoms with van der Waals surface area (Å²) < 4.78 is 6.77. The van der Waals surface area contributed by atoms with E-state index in [9.17, 15) is 19.5 Å². The van der Waals surface area contributed by atoms with Gasteiger partial charge in [0, 0.05) is 39.3 Å². The van der Waals surface area contributed by atoms with Crippen molar-refractivity contribution in [1.29, 1.82) is 0 Å². The van der Waals surface area contributed by atoms with Gasteiger partial charge in [-0.2, -0.15) is 0 Å². The van der Waals surface area contributed by atoms with E-state index < -0.39 is 29.1 Å². The predicted octanol–water partition coefficient (Wildman–Crippen LogP) is 1.74. The molecule has 1 spiro atoms. The van der Waals surface area contributed by atoms with Crippen LogP contribution in [0.4, 0.5) is 0 Å². The number of carbonyl (C=O) groups is 3. The number of hydrogen-bond acceptors (Lipinski definition) is 5. The van der Waals surface area contributed by atoms with Crippen molar-refractivity contribution >= 4 is 17.7 Å². The number of aliphatic hydroxyl groups excluding tert-OH is 1. The van der Waals surface area contributed by atoms with Crippen LogP contribution in [0.3, 0.4) is 0 Å². The van der Waals surface area contributed by atoms with Gasteiger partial charge >= 0.3 is 0 Å². The standard InChI is InChI=1S/C26H39N3O5/c1-4-6-14-28-16-10-12-26-20(23(32)29(17-7-8-18-30)21(26)24(28)33)19-22(31)27(13-5-2)15-9-11-25(19,3)34-26/h9-12,19-21,30H,4-8,13-18H2,1-3H3/t19-,20-,21?,25+,26-/m0/s1. The number of unbranched alkanes of at least 4 members (excludes halogenated alkanes) is 2. The fraction of sp³-hybridized carbons (Fsp3) is 0.731. The number of ether oxygens (including phenoxy) is 1. The fourth-order valence-electron chi connectivity index (χ4n) is 6.27. The molecule has 0 aromatic heterocycles. The molecule has 188 valence electrons. The highest BCUT2D eigenvalue weighted by molar-refractivity contribution is 6.00. The third kappa shape index (κ3) is 3.88. The number of amides is 3. The van der Waals surface area contributed by atoms with Crippen LogP contribution in [0.2, 0.25) is 0 Å². The van der Waals surface area contributed by atoms with Crippen LogP contribution in [-0.4, -0.2) is 94.1 Å². The zero-order chi connectivity index (χ0) is 24.5. The summed E-state index contributed by atoms with van der Waals surface area (Å²) in [5.74, 6) is -1.81. The Bertz CT molecular complexity index is 872. The molecule has 0 aliphatic carbocycles. The van der Waals surface area contributed by atoms with Crippen LogP contribution in [0, 0.1) is 11.8 Å². The quantitative estimate of drug-likeness (QED) is 0.407. The zero-order valence-electron chi connectivity index (χ0n) is 20.7. The number of carbonyl (C=O) groups excluding carboxylic acids is 3. The summed E-state index contributed by atoms with van der Waals surface area (Å²) in [4.78, 5) is 47.0. The second-order valence-electron chi connectivity index (χ2n) is 10.2. The Morgan fingerprint density at radius 1 is 0.882 bits per heavy atom. The molecule has 8 nitrogen and oxygen atoms in total. The number of hydrogen-bond donors (Lipinski definition) is 1. The van der Waals surface area contributed by atoms with Crippen molar-refractivity contribution in [3.8, 4) is 0 Å². The van der Waals surface area contributed by atoms with Gasteiger partial charge in [0.25, 0.3) is 0 Å². The summed E-state index contributed by atoms with van der Waals surface area (Å²) in [5.41, 5.74) is -2.14. The average molecular weight is 474 g/mol. The van der Waals surface area contributed by atoms with Crippen molar-refractivity contribution in [2.45, 2.75) is 70.1 Å². The lowest BCUT2D eigenvalue weighted by Crippen LogP contribution is -2.56. The van der Waals surface area contributed by atoms with E-state index in [4.69, 9.17) is 4.74 Å². The summed E-state index contributed by atoms with van der Waals surface area (Å²) in [5, 5.41) is 9.30. The third-order valence-electron chi connectivity index (χ3n) is 7.81. The van der Waals surface area contributed by atoms with Crippen LogP contribution in [0.5, 0.6) is 0 Å². The smallest absolute Gasteiger partial charge is 0.249 e. The molecule has 2 saturated heterocycles. The lowest BCUT2D eigenvalue weighted by Gasteiger charge is -2.37. The van der Waals surface area contributed by atoms with E-state index in [0.717, 1.165) is 19.3 Å². The number of rotatable bonds is 9. The first-order chi connectivity index (χ1) is 16.3. The Morgan fingerprint density at radius 2 is 1.59 bits per heavy atom. The van der Waals surface area contributed by atoms with Crippen molar-refractivity contribution in [2.75, 3.05) is 39.3 Å².